The second-order valence-electron chi connectivity index (χ2n) is 6.34. The Bertz CT molecular complexity index is 997. The highest BCUT2D eigenvalue weighted by Crippen LogP contribution is 2.29. The van der Waals surface area contributed by atoms with Crippen LogP contribution in [0.25, 0.3) is 32.5 Å². The van der Waals surface area contributed by atoms with Crippen molar-refractivity contribution in [2.45, 2.75) is 20.3 Å². The first-order valence-corrected chi connectivity index (χ1v) is 8.59. The highest BCUT2D eigenvalue weighted by Gasteiger charge is 2.09. The van der Waals surface area contributed by atoms with Crippen LogP contribution in [0.2, 0.25) is 0 Å². The van der Waals surface area contributed by atoms with Gasteiger partial charge in [0, 0.05) is 40.7 Å². The van der Waals surface area contributed by atoms with Gasteiger partial charge in [-0.1, -0.05) is 13.8 Å². The van der Waals surface area contributed by atoms with Gasteiger partial charge >= 0.3 is 0 Å². The van der Waals surface area contributed by atoms with Gasteiger partial charge in [-0.25, -0.2) is 9.97 Å². The van der Waals surface area contributed by atoms with Crippen molar-refractivity contribution in [2.24, 2.45) is 13.0 Å². The second-order valence-corrected chi connectivity index (χ2v) is 7.46. The van der Waals surface area contributed by atoms with Gasteiger partial charge in [0.15, 0.2) is 5.65 Å². The molecule has 116 valence electrons. The Balaban J connectivity index is 1.77. The van der Waals surface area contributed by atoms with E-state index in [1.165, 1.54) is 10.3 Å². The van der Waals surface area contributed by atoms with Crippen molar-refractivity contribution in [3.05, 3.63) is 41.5 Å². The molecule has 0 amide bonds. The van der Waals surface area contributed by atoms with Gasteiger partial charge in [0.25, 0.3) is 0 Å². The zero-order valence-corrected chi connectivity index (χ0v) is 14.3. The largest absolute Gasteiger partial charge is 0.273 e. The van der Waals surface area contributed by atoms with Gasteiger partial charge in [-0.3, -0.25) is 4.68 Å². The highest BCUT2D eigenvalue weighted by atomic mass is 32.1. The van der Waals surface area contributed by atoms with Crippen molar-refractivity contribution in [1.29, 1.82) is 0 Å². The molecule has 4 rings (SSSR count). The summed E-state index contributed by atoms with van der Waals surface area (Å²) < 4.78 is 1.79. The van der Waals surface area contributed by atoms with Crippen molar-refractivity contribution >= 4 is 32.6 Å². The summed E-state index contributed by atoms with van der Waals surface area (Å²) in [4.78, 5) is 11.8. The standard InChI is InChI=1S/C18H18N4S/c1-11(2)6-15-8-12-4-5-16(20-18(12)23-15)13-7-14-10-22(3)21-17(14)19-9-13/h4-5,7-11H,6H2,1-3H3. The van der Waals surface area contributed by atoms with Gasteiger partial charge in [-0.2, -0.15) is 5.10 Å². The highest BCUT2D eigenvalue weighted by molar-refractivity contribution is 7.18. The van der Waals surface area contributed by atoms with Crippen molar-refractivity contribution < 1.29 is 0 Å². The fraction of sp³-hybridized carbons (Fsp3) is 0.278. The fourth-order valence-electron chi connectivity index (χ4n) is 2.81. The van der Waals surface area contributed by atoms with Crippen LogP contribution in [0.5, 0.6) is 0 Å². The van der Waals surface area contributed by atoms with Gasteiger partial charge in [0.2, 0.25) is 0 Å². The van der Waals surface area contributed by atoms with E-state index in [4.69, 9.17) is 4.98 Å². The van der Waals surface area contributed by atoms with Crippen molar-refractivity contribution in [3.8, 4) is 11.3 Å². The Morgan fingerprint density at radius 3 is 2.87 bits per heavy atom. The minimum atomic E-state index is 0.666. The second kappa shape index (κ2) is 5.42. The summed E-state index contributed by atoms with van der Waals surface area (Å²) in [7, 11) is 1.91. The number of rotatable bonds is 3. The third-order valence-electron chi connectivity index (χ3n) is 3.81. The lowest BCUT2D eigenvalue weighted by molar-refractivity contribution is 0.654. The number of aromatic nitrogens is 4. The molecule has 0 radical (unpaired) electrons. The molecule has 0 bridgehead atoms. The number of fused-ring (bicyclic) bond motifs is 2. The van der Waals surface area contributed by atoms with Crippen LogP contribution >= 0.6 is 11.3 Å². The quantitative estimate of drug-likeness (QED) is 0.560. The molecule has 0 aliphatic rings. The van der Waals surface area contributed by atoms with E-state index in [-0.39, 0.29) is 0 Å². The molecule has 0 aromatic carbocycles. The average molecular weight is 322 g/mol. The summed E-state index contributed by atoms with van der Waals surface area (Å²) in [5.74, 6) is 0.666. The molecule has 4 nitrogen and oxygen atoms in total. The maximum absolute atomic E-state index is 4.84. The molecule has 23 heavy (non-hydrogen) atoms. The summed E-state index contributed by atoms with van der Waals surface area (Å²) >= 11 is 1.79. The maximum Gasteiger partial charge on any atom is 0.181 e. The predicted octanol–water partition coefficient (Wildman–Crippen LogP) is 4.44. The first-order chi connectivity index (χ1) is 11.1. The summed E-state index contributed by atoms with van der Waals surface area (Å²) in [6, 6.07) is 8.60. The molecule has 0 spiro atoms. The van der Waals surface area contributed by atoms with E-state index < -0.39 is 0 Å². The van der Waals surface area contributed by atoms with Crippen LogP contribution in [0.4, 0.5) is 0 Å². The van der Waals surface area contributed by atoms with E-state index in [9.17, 15) is 0 Å². The molecule has 0 aliphatic heterocycles. The van der Waals surface area contributed by atoms with Gasteiger partial charge in [0.1, 0.15) is 4.83 Å². The van der Waals surface area contributed by atoms with E-state index in [1.807, 2.05) is 19.4 Å². The number of nitrogens with zero attached hydrogens (tertiary/aromatic N) is 4. The molecule has 0 unspecified atom stereocenters. The average Bonchev–Trinajstić information content (AvgIpc) is 3.05. The normalized spacial score (nSPS) is 11.8. The van der Waals surface area contributed by atoms with E-state index >= 15 is 0 Å². The van der Waals surface area contributed by atoms with Gasteiger partial charge in [-0.05, 0) is 36.6 Å². The molecule has 0 saturated carbocycles. The Labute approximate surface area is 138 Å². The molecule has 4 heterocycles. The minimum absolute atomic E-state index is 0.666. The van der Waals surface area contributed by atoms with Crippen LogP contribution in [-0.2, 0) is 13.5 Å². The fourth-order valence-corrected chi connectivity index (χ4v) is 4.05. The van der Waals surface area contributed by atoms with Crippen LogP contribution in [0.15, 0.2) is 36.7 Å². The van der Waals surface area contributed by atoms with Crippen molar-refractivity contribution in [2.75, 3.05) is 0 Å². The van der Waals surface area contributed by atoms with E-state index in [0.29, 0.717) is 5.92 Å². The summed E-state index contributed by atoms with van der Waals surface area (Å²) in [5.41, 5.74) is 2.77. The van der Waals surface area contributed by atoms with Crippen LogP contribution in [-0.4, -0.2) is 19.7 Å². The van der Waals surface area contributed by atoms with E-state index in [0.717, 1.165) is 33.5 Å². The molecule has 5 heteroatoms. The number of aryl methyl sites for hydroxylation is 1. The molecule has 0 fully saturated rings. The maximum atomic E-state index is 4.84. The third kappa shape index (κ3) is 2.72. The van der Waals surface area contributed by atoms with Crippen LogP contribution in [0, 0.1) is 5.92 Å². The Hall–Kier alpha value is -2.27. The zero-order chi connectivity index (χ0) is 16.0. The molecule has 0 atom stereocenters. The number of hydrogen-bond acceptors (Lipinski definition) is 4. The molecule has 0 saturated heterocycles. The molecular formula is C18H18N4S. The van der Waals surface area contributed by atoms with Crippen LogP contribution in [0.3, 0.4) is 0 Å². The lowest BCUT2D eigenvalue weighted by Gasteiger charge is -2.00. The summed E-state index contributed by atoms with van der Waals surface area (Å²) in [6.07, 6.45) is 4.95. The molecule has 4 aromatic rings. The molecular weight excluding hydrogens is 304 g/mol. The van der Waals surface area contributed by atoms with Gasteiger partial charge in [0.05, 0.1) is 5.69 Å². The summed E-state index contributed by atoms with van der Waals surface area (Å²) in [6.45, 7) is 4.50. The van der Waals surface area contributed by atoms with Crippen molar-refractivity contribution in [1.82, 2.24) is 19.7 Å². The Morgan fingerprint density at radius 1 is 1.17 bits per heavy atom. The smallest absolute Gasteiger partial charge is 0.181 e. The number of hydrogen-bond donors (Lipinski definition) is 0. The van der Waals surface area contributed by atoms with Gasteiger partial charge in [-0.15, -0.1) is 11.3 Å². The Kier molecular flexibility index (Phi) is 3.38. The zero-order valence-electron chi connectivity index (χ0n) is 13.4. The summed E-state index contributed by atoms with van der Waals surface area (Å²) in [5, 5.41) is 6.58. The monoisotopic (exact) mass is 322 g/mol. The molecule has 0 N–H and O–H groups in total. The Morgan fingerprint density at radius 2 is 2.04 bits per heavy atom. The lowest BCUT2D eigenvalue weighted by Crippen LogP contribution is -1.89. The van der Waals surface area contributed by atoms with E-state index in [2.05, 4.69) is 48.2 Å². The number of thiophene rings is 1. The first-order valence-electron chi connectivity index (χ1n) is 7.78. The van der Waals surface area contributed by atoms with Crippen LogP contribution in [0.1, 0.15) is 18.7 Å². The minimum Gasteiger partial charge on any atom is -0.273 e. The third-order valence-corrected chi connectivity index (χ3v) is 4.88. The number of pyridine rings is 2. The van der Waals surface area contributed by atoms with Crippen LogP contribution < -0.4 is 0 Å². The van der Waals surface area contributed by atoms with E-state index in [1.54, 1.807) is 16.0 Å². The van der Waals surface area contributed by atoms with Gasteiger partial charge < -0.3 is 0 Å². The lowest BCUT2D eigenvalue weighted by atomic mass is 10.1. The topological polar surface area (TPSA) is 43.6 Å². The SMILES string of the molecule is CC(C)Cc1cc2ccc(-c3cnc4nn(C)cc4c3)nc2s1. The molecule has 4 aromatic heterocycles. The first kappa shape index (κ1) is 14.3. The predicted molar refractivity (Wildman–Crippen MR) is 95.7 cm³/mol. The molecule has 0 aliphatic carbocycles. The van der Waals surface area contributed by atoms with Crippen molar-refractivity contribution in [3.63, 3.8) is 0 Å².